The Morgan fingerprint density at radius 2 is 0.894 bits per heavy atom. The number of rotatable bonds is 10. The van der Waals surface area contributed by atoms with E-state index in [0.717, 1.165) is 16.3 Å². The molecule has 0 aliphatic carbocycles. The number of hydrogen-bond acceptors (Lipinski definition) is 15. The molecule has 0 fully saturated rings. The molecule has 4 aliphatic heterocycles. The molecule has 20 nitrogen and oxygen atoms in total. The number of aromatic nitrogens is 4. The molecule has 0 saturated heterocycles. The van der Waals surface area contributed by atoms with Crippen LogP contribution in [0.25, 0.3) is 64.6 Å². The van der Waals surface area contributed by atoms with Crippen LogP contribution in [0.15, 0.2) is 185 Å². The Hall–Kier alpha value is -8.30. The molecule has 0 amide bonds. The first kappa shape index (κ1) is 55.9. The van der Waals surface area contributed by atoms with E-state index in [9.17, 15) is 38.9 Å². The van der Waals surface area contributed by atoms with E-state index < -0.39 is 62.9 Å². The number of unbranched alkanes of at least 4 members (excludes halogenated alkanes) is 5. The maximum absolute atomic E-state index is 12.8. The van der Waals surface area contributed by atoms with Crippen LogP contribution in [-0.4, -0.2) is 96.7 Å². The first-order valence-corrected chi connectivity index (χ1v) is 33.5. The quantitative estimate of drug-likeness (QED) is 0.0554. The standard InChI is InChI=1S/C49H26N8O9S3.C12H23N2.Ga.H2O/c1-22-6-2-7-23-14-31-35(18-27(22)23)46-50-42(31)52-47-37-20-29-25(9-4-12-40(29)68(61,62)63)16-33(37)44(54-47)56-49-38-21-30-26(10-5-13-41(30)69(64,65)66)17-34(38)45(57-49)55-48-36-19-28-24(15-32(36)43(51-46)53-48)8-3-11-39(28)67(58,59)60;1-3-4-5-6-7-8-9-14-11-10-13(2)12-14;;/h2-21H,1H3,(H3-2,50,51,52,53,54,55,56,57,58,59,60,61,62,63,64,65,66);10-12H,3-9H2,1-2H3;;1H2/q-2;+1;+2;/p-3. The Morgan fingerprint density at radius 1 is 0.471 bits per heavy atom. The fraction of sp³-hybridized carbons (Fsp3) is 0.164. The predicted octanol–water partition coefficient (Wildman–Crippen LogP) is 7.95. The number of aryl methyl sites for hydroxylation is 3. The van der Waals surface area contributed by atoms with E-state index in [-0.39, 0.29) is 38.8 Å². The second-order valence-electron chi connectivity index (χ2n) is 21.4. The molecule has 8 aromatic carbocycles. The third kappa shape index (κ3) is 9.62. The average molecular weight is 1250 g/mol. The van der Waals surface area contributed by atoms with Gasteiger partial charge in [0.1, 0.15) is 12.4 Å². The van der Waals surface area contributed by atoms with Gasteiger partial charge in [-0.2, -0.15) is 0 Å². The zero-order chi connectivity index (χ0) is 58.1. The fourth-order valence-electron chi connectivity index (χ4n) is 11.9. The number of amidine groups is 4. The summed E-state index contributed by atoms with van der Waals surface area (Å²) in [6.45, 7) is 5.44. The molecule has 6 bridgehead atoms. The van der Waals surface area contributed by atoms with Crippen LogP contribution in [0, 0.1) is 6.92 Å². The predicted molar refractivity (Wildman–Crippen MR) is 322 cm³/mol. The van der Waals surface area contributed by atoms with Gasteiger partial charge in [-0.05, 0) is 12.8 Å². The number of benzene rings is 8. The van der Waals surface area contributed by atoms with Gasteiger partial charge in [0.2, 0.25) is 6.33 Å². The van der Waals surface area contributed by atoms with Crippen LogP contribution in [0.1, 0.15) is 73.3 Å². The Kier molecular flexibility index (Phi) is 13.6. The fourth-order valence-corrected chi connectivity index (χ4v) is 17.0. The second-order valence-corrected chi connectivity index (χ2v) is 28.1. The third-order valence-corrected chi connectivity index (χ3v) is 21.6. The van der Waals surface area contributed by atoms with Crippen LogP contribution < -0.4 is 15.5 Å². The summed E-state index contributed by atoms with van der Waals surface area (Å²) in [5.41, 5.74) is 3.80. The van der Waals surface area contributed by atoms with Crippen molar-refractivity contribution in [2.75, 3.05) is 0 Å². The summed E-state index contributed by atoms with van der Waals surface area (Å²) in [6, 6.07) is 33.1. The molecule has 3 aromatic heterocycles. The summed E-state index contributed by atoms with van der Waals surface area (Å²) >= 11 is -2.37. The van der Waals surface area contributed by atoms with Gasteiger partial charge in [-0.3, -0.25) is 0 Å². The first-order valence-electron chi connectivity index (χ1n) is 27.1. The van der Waals surface area contributed by atoms with Crippen molar-refractivity contribution in [2.45, 2.75) is 73.6 Å². The van der Waals surface area contributed by atoms with Crippen molar-refractivity contribution < 1.29 is 49.0 Å². The summed E-state index contributed by atoms with van der Waals surface area (Å²) in [7, 11) is -12.8. The molecule has 15 rings (SSSR count). The van der Waals surface area contributed by atoms with Gasteiger partial charge in [-0.15, -0.1) is 0 Å². The summed E-state index contributed by atoms with van der Waals surface area (Å²) < 4.78 is 123. The van der Waals surface area contributed by atoms with E-state index in [2.05, 4.69) is 41.8 Å². The zero-order valence-corrected chi connectivity index (χ0v) is 50.5. The summed E-state index contributed by atoms with van der Waals surface area (Å²) in [5, 5.41) is 5.43. The van der Waals surface area contributed by atoms with E-state index in [1.807, 2.05) is 43.8 Å². The van der Waals surface area contributed by atoms with Crippen LogP contribution in [-0.2, 0) is 43.9 Å². The normalized spacial score (nSPS) is 14.1. The maximum atomic E-state index is 12.8. The van der Waals surface area contributed by atoms with Gasteiger partial charge in [0.15, 0.2) is 0 Å². The number of nitrogens with zero attached hydrogens (tertiary/aromatic N) is 10. The van der Waals surface area contributed by atoms with Crippen molar-refractivity contribution in [1.82, 2.24) is 11.1 Å². The third-order valence-electron chi connectivity index (χ3n) is 15.9. The Morgan fingerprint density at radius 3 is 1.42 bits per heavy atom. The Labute approximate surface area is 494 Å². The molecule has 11 aromatic rings. The topological polar surface area (TPSA) is 296 Å². The number of aliphatic imine (C=N–C) groups is 4. The Bertz CT molecular complexity index is 5420. The summed E-state index contributed by atoms with van der Waals surface area (Å²) in [4.78, 5) is 30.0. The molecular formula is C61H48GaN10O10S3-2. The molecule has 85 heavy (non-hydrogen) atoms. The van der Waals surface area contributed by atoms with Gasteiger partial charge < -0.3 is 5.48 Å². The van der Waals surface area contributed by atoms with E-state index >= 15 is 0 Å². The van der Waals surface area contributed by atoms with Gasteiger partial charge in [-0.1, -0.05) is 32.6 Å². The van der Waals surface area contributed by atoms with Crippen molar-refractivity contribution >= 4 is 148 Å². The van der Waals surface area contributed by atoms with E-state index in [0.29, 0.717) is 88.8 Å². The monoisotopic (exact) mass is 1250 g/mol. The van der Waals surface area contributed by atoms with Gasteiger partial charge >= 0.3 is 405 Å². The minimum absolute atomic E-state index is 0. The van der Waals surface area contributed by atoms with Crippen molar-refractivity contribution in [3.63, 3.8) is 0 Å². The van der Waals surface area contributed by atoms with Gasteiger partial charge in [-0.25, -0.2) is 9.13 Å². The smallest absolute Gasteiger partial charge is 0.412 e. The Balaban J connectivity index is 0.000000397. The molecule has 0 atom stereocenters. The van der Waals surface area contributed by atoms with Gasteiger partial charge in [0.25, 0.3) is 0 Å². The van der Waals surface area contributed by atoms with Crippen molar-refractivity contribution in [3.05, 3.63) is 179 Å². The van der Waals surface area contributed by atoms with Gasteiger partial charge in [0, 0.05) is 0 Å². The van der Waals surface area contributed by atoms with Crippen LogP contribution in [0.4, 0.5) is 11.6 Å². The van der Waals surface area contributed by atoms with Crippen molar-refractivity contribution in [3.8, 4) is 0 Å². The zero-order valence-electron chi connectivity index (χ0n) is 45.7. The van der Waals surface area contributed by atoms with E-state index in [1.165, 1.54) is 87.5 Å². The van der Waals surface area contributed by atoms with Crippen LogP contribution in [0.3, 0.4) is 0 Å². The first-order chi connectivity index (χ1) is 40.3. The van der Waals surface area contributed by atoms with Crippen LogP contribution in [0.5, 0.6) is 0 Å². The minimum atomic E-state index is -4.98. The molecule has 2 N–H and O–H groups in total. The molecule has 0 unspecified atom stereocenters. The molecule has 0 saturated carbocycles. The molecular weight excluding hydrogens is 1200 g/mol. The summed E-state index contributed by atoms with van der Waals surface area (Å²) in [6.07, 6.45) is 14.6. The van der Waals surface area contributed by atoms with Crippen LogP contribution >= 0.6 is 0 Å². The molecule has 1 radical (unpaired) electrons. The largest absolute Gasteiger partial charge is 0.412 e. The molecule has 425 valence electrons. The van der Waals surface area contributed by atoms with E-state index in [4.69, 9.17) is 30.0 Å². The maximum Gasteiger partial charge on any atom is -0.412 e. The molecule has 4 aliphatic rings. The molecule has 7 heterocycles. The number of hydrogen-bond donors (Lipinski definition) is 0. The average Bonchev–Trinajstić information content (AvgIpc) is 1.65. The molecule has 0 spiro atoms. The number of fused-ring (bicyclic) bond motifs is 18. The van der Waals surface area contributed by atoms with Crippen molar-refractivity contribution in [2.24, 2.45) is 37.0 Å². The SMILES string of the molecule is CCCCCCCCn1cc[n+](C)c1.Cc1cccc2cc3c(cc12)C1=NC3=Nc2c3cc4c(S(=O)(=O)[O-])cccc4cc3c3[n]2[Ga][n]2c(c4cc5cccc(S(=O)(=O)[O-])c5cc4c2=NC2=NC(=N3)c3cc4c(S(=O)(=O)[O-])cccc4cc32)=N1.O. The van der Waals surface area contributed by atoms with Crippen molar-refractivity contribution in [1.29, 1.82) is 0 Å². The second kappa shape index (κ2) is 20.7. The summed E-state index contributed by atoms with van der Waals surface area (Å²) in [5.74, 6) is 1.49. The number of imidazole rings is 1. The minimum Gasteiger partial charge on any atom is -0.412 e. The van der Waals surface area contributed by atoms with Gasteiger partial charge in [0.05, 0.1) is 13.6 Å². The van der Waals surface area contributed by atoms with E-state index in [1.54, 1.807) is 48.5 Å². The van der Waals surface area contributed by atoms with Crippen LogP contribution in [0.2, 0.25) is 0 Å². The molecule has 24 heteroatoms.